The summed E-state index contributed by atoms with van der Waals surface area (Å²) in [5, 5.41) is 2.69. The van der Waals surface area contributed by atoms with Crippen molar-refractivity contribution in [2.75, 3.05) is 39.2 Å². The number of para-hydroxylation sites is 2. The zero-order valence-corrected chi connectivity index (χ0v) is 13.0. The first-order valence-electron chi connectivity index (χ1n) is 6.43. The molecule has 0 aliphatic rings. The summed E-state index contributed by atoms with van der Waals surface area (Å²) >= 11 is 0. The van der Waals surface area contributed by atoms with E-state index in [2.05, 4.69) is 5.32 Å². The molecule has 0 fully saturated rings. The maximum atomic E-state index is 11.6. The van der Waals surface area contributed by atoms with Gasteiger partial charge in [-0.1, -0.05) is 19.1 Å². The van der Waals surface area contributed by atoms with Crippen LogP contribution in [0.25, 0.3) is 0 Å². The fourth-order valence-electron chi connectivity index (χ4n) is 1.37. The number of likely N-dealkylation sites (N-methyl/N-ethyl adjacent to an activating group) is 1. The molecular formula is C14H23ClN2O3. The van der Waals surface area contributed by atoms with E-state index in [1.54, 1.807) is 6.07 Å². The molecule has 0 radical (unpaired) electrons. The Bertz CT molecular complexity index is 400. The molecule has 20 heavy (non-hydrogen) atoms. The Kier molecular flexibility index (Phi) is 9.59. The Balaban J connectivity index is 0.00000361. The topological polar surface area (TPSA) is 50.8 Å². The lowest BCUT2D eigenvalue weighted by Crippen LogP contribution is -2.22. The first-order chi connectivity index (χ1) is 9.13. The van der Waals surface area contributed by atoms with Crippen molar-refractivity contribution >= 4 is 24.2 Å². The van der Waals surface area contributed by atoms with E-state index in [1.165, 1.54) is 0 Å². The highest BCUT2D eigenvalue weighted by Gasteiger charge is 2.08. The summed E-state index contributed by atoms with van der Waals surface area (Å²) in [6.45, 7) is 3.71. The third kappa shape index (κ3) is 7.21. The van der Waals surface area contributed by atoms with Crippen molar-refractivity contribution < 1.29 is 14.3 Å². The second kappa shape index (κ2) is 10.3. The average molecular weight is 303 g/mol. The van der Waals surface area contributed by atoms with Gasteiger partial charge in [-0.15, -0.1) is 12.4 Å². The number of hydrogen-bond acceptors (Lipinski definition) is 4. The van der Waals surface area contributed by atoms with Gasteiger partial charge in [0, 0.05) is 6.54 Å². The zero-order valence-electron chi connectivity index (χ0n) is 12.2. The Morgan fingerprint density at radius 1 is 1.25 bits per heavy atom. The van der Waals surface area contributed by atoms with Crippen molar-refractivity contribution in [1.29, 1.82) is 0 Å². The molecule has 1 N–H and O–H groups in total. The van der Waals surface area contributed by atoms with E-state index in [1.807, 2.05) is 44.1 Å². The van der Waals surface area contributed by atoms with Crippen molar-refractivity contribution in [3.8, 4) is 5.75 Å². The van der Waals surface area contributed by atoms with Crippen LogP contribution < -0.4 is 10.1 Å². The smallest absolute Gasteiger partial charge is 0.411 e. The summed E-state index contributed by atoms with van der Waals surface area (Å²) in [6, 6.07) is 7.32. The lowest BCUT2D eigenvalue weighted by molar-refractivity contribution is 0.151. The first-order valence-corrected chi connectivity index (χ1v) is 6.43. The summed E-state index contributed by atoms with van der Waals surface area (Å²) in [7, 11) is 3.85. The Morgan fingerprint density at radius 2 is 1.95 bits per heavy atom. The number of nitrogens with zero attached hydrogens (tertiary/aromatic N) is 1. The highest BCUT2D eigenvalue weighted by Crippen LogP contribution is 2.23. The van der Waals surface area contributed by atoms with Gasteiger partial charge < -0.3 is 14.4 Å². The van der Waals surface area contributed by atoms with Gasteiger partial charge in [0.1, 0.15) is 12.4 Å². The fourth-order valence-corrected chi connectivity index (χ4v) is 1.37. The summed E-state index contributed by atoms with van der Waals surface area (Å²) in [5.74, 6) is 0.661. The van der Waals surface area contributed by atoms with Crippen molar-refractivity contribution in [2.24, 2.45) is 0 Å². The van der Waals surface area contributed by atoms with Crippen LogP contribution in [0.15, 0.2) is 24.3 Å². The summed E-state index contributed by atoms with van der Waals surface area (Å²) < 4.78 is 10.6. The number of halogens is 1. The number of carbonyl (C=O) groups is 1. The lowest BCUT2D eigenvalue weighted by atomic mass is 10.3. The number of anilines is 1. The number of benzene rings is 1. The molecule has 0 atom stereocenters. The van der Waals surface area contributed by atoms with Gasteiger partial charge in [-0.05, 0) is 32.6 Å². The van der Waals surface area contributed by atoms with Gasteiger partial charge >= 0.3 is 6.09 Å². The molecule has 0 unspecified atom stereocenters. The Morgan fingerprint density at radius 3 is 2.60 bits per heavy atom. The monoisotopic (exact) mass is 302 g/mol. The average Bonchev–Trinajstić information content (AvgIpc) is 2.37. The Labute approximate surface area is 126 Å². The number of ether oxygens (including phenoxy) is 2. The molecule has 0 bridgehead atoms. The largest absolute Gasteiger partial charge is 0.491 e. The number of rotatable bonds is 7. The van der Waals surface area contributed by atoms with Crippen LogP contribution >= 0.6 is 12.4 Å². The zero-order chi connectivity index (χ0) is 14.1. The molecule has 1 aromatic rings. The predicted molar refractivity (Wildman–Crippen MR) is 83.0 cm³/mol. The SMILES string of the molecule is CCCOc1ccccc1NC(=O)OCCN(C)C.Cl. The maximum Gasteiger partial charge on any atom is 0.411 e. The minimum atomic E-state index is -0.464. The number of nitrogens with one attached hydrogen (secondary N) is 1. The van der Waals surface area contributed by atoms with Gasteiger partial charge in [0.15, 0.2) is 0 Å². The van der Waals surface area contributed by atoms with Gasteiger partial charge in [0.05, 0.1) is 12.3 Å². The molecular weight excluding hydrogens is 280 g/mol. The number of carbonyl (C=O) groups excluding carboxylic acids is 1. The van der Waals surface area contributed by atoms with E-state index < -0.39 is 6.09 Å². The van der Waals surface area contributed by atoms with Crippen LogP contribution in [0.5, 0.6) is 5.75 Å². The highest BCUT2D eigenvalue weighted by molar-refractivity contribution is 5.86. The summed E-state index contributed by atoms with van der Waals surface area (Å²) in [6.07, 6.45) is 0.455. The van der Waals surface area contributed by atoms with Crippen LogP contribution in [0.4, 0.5) is 10.5 Å². The normalized spacial score (nSPS) is 9.80. The van der Waals surface area contributed by atoms with E-state index in [0.717, 1.165) is 6.42 Å². The molecule has 1 rings (SSSR count). The molecule has 0 heterocycles. The highest BCUT2D eigenvalue weighted by atomic mass is 35.5. The molecule has 0 spiro atoms. The molecule has 0 saturated carbocycles. The van der Waals surface area contributed by atoms with Gasteiger partial charge in [0.25, 0.3) is 0 Å². The molecule has 0 saturated heterocycles. The third-order valence-corrected chi connectivity index (χ3v) is 2.36. The number of amides is 1. The van der Waals surface area contributed by atoms with E-state index in [-0.39, 0.29) is 12.4 Å². The van der Waals surface area contributed by atoms with Crippen LogP contribution in [-0.2, 0) is 4.74 Å². The molecule has 1 amide bonds. The van der Waals surface area contributed by atoms with Gasteiger partial charge in [-0.2, -0.15) is 0 Å². The van der Waals surface area contributed by atoms with Crippen LogP contribution in [0.3, 0.4) is 0 Å². The summed E-state index contributed by atoms with van der Waals surface area (Å²) in [4.78, 5) is 13.6. The van der Waals surface area contributed by atoms with Crippen molar-refractivity contribution in [2.45, 2.75) is 13.3 Å². The van der Waals surface area contributed by atoms with Crippen LogP contribution in [0.1, 0.15) is 13.3 Å². The van der Waals surface area contributed by atoms with Crippen LogP contribution in [0, 0.1) is 0 Å². The fraction of sp³-hybridized carbons (Fsp3) is 0.500. The second-order valence-corrected chi connectivity index (χ2v) is 4.41. The molecule has 0 aliphatic heterocycles. The number of hydrogen-bond donors (Lipinski definition) is 1. The molecule has 0 aromatic heterocycles. The van der Waals surface area contributed by atoms with Crippen LogP contribution in [-0.4, -0.2) is 44.8 Å². The van der Waals surface area contributed by atoms with Gasteiger partial charge in [-0.3, -0.25) is 5.32 Å². The van der Waals surface area contributed by atoms with Crippen molar-refractivity contribution in [1.82, 2.24) is 4.90 Å². The van der Waals surface area contributed by atoms with Gasteiger partial charge in [-0.25, -0.2) is 4.79 Å². The molecule has 0 aliphatic carbocycles. The van der Waals surface area contributed by atoms with E-state index in [4.69, 9.17) is 9.47 Å². The molecule has 6 heteroatoms. The summed E-state index contributed by atoms with van der Waals surface area (Å²) in [5.41, 5.74) is 0.630. The van der Waals surface area contributed by atoms with Crippen LogP contribution in [0.2, 0.25) is 0 Å². The van der Waals surface area contributed by atoms with Crippen molar-refractivity contribution in [3.63, 3.8) is 0 Å². The first kappa shape index (κ1) is 18.5. The quantitative estimate of drug-likeness (QED) is 0.841. The van der Waals surface area contributed by atoms with Crippen molar-refractivity contribution in [3.05, 3.63) is 24.3 Å². The third-order valence-electron chi connectivity index (χ3n) is 2.36. The van der Waals surface area contributed by atoms with E-state index in [0.29, 0.717) is 31.2 Å². The van der Waals surface area contributed by atoms with Gasteiger partial charge in [0.2, 0.25) is 0 Å². The minimum absolute atomic E-state index is 0. The standard InChI is InChI=1S/C14H22N2O3.ClH/c1-4-10-18-13-8-6-5-7-12(13)15-14(17)19-11-9-16(2)3;/h5-8H,4,9-11H2,1-3H3,(H,15,17);1H. The Hall–Kier alpha value is -1.46. The molecule has 1 aromatic carbocycles. The predicted octanol–water partition coefficient (Wildman–Crippen LogP) is 3.01. The molecule has 5 nitrogen and oxygen atoms in total. The van der Waals surface area contributed by atoms with E-state index >= 15 is 0 Å². The second-order valence-electron chi connectivity index (χ2n) is 4.41. The maximum absolute atomic E-state index is 11.6. The minimum Gasteiger partial charge on any atom is -0.491 e. The van der Waals surface area contributed by atoms with E-state index in [9.17, 15) is 4.79 Å². The molecule has 114 valence electrons. The lowest BCUT2D eigenvalue weighted by Gasteiger charge is -2.13.